The molecule has 0 saturated carbocycles. The number of carbonyl (C=O) groups excluding carboxylic acids is 2. The summed E-state index contributed by atoms with van der Waals surface area (Å²) in [4.78, 5) is 28.1. The molecular formula is C28H31ClFN3O4S. The summed E-state index contributed by atoms with van der Waals surface area (Å²) in [5, 5.41) is 3.20. The predicted octanol–water partition coefficient (Wildman–Crippen LogP) is 4.41. The minimum atomic E-state index is -3.79. The summed E-state index contributed by atoms with van der Waals surface area (Å²) in [5.41, 5.74) is 1.60. The van der Waals surface area contributed by atoms with Gasteiger partial charge in [0, 0.05) is 38.0 Å². The quantitative estimate of drug-likeness (QED) is 0.356. The summed E-state index contributed by atoms with van der Waals surface area (Å²) in [5.74, 6) is -1.32. The Kier molecular flexibility index (Phi) is 10.3. The van der Waals surface area contributed by atoms with Gasteiger partial charge in [-0.15, -0.1) is 0 Å². The molecule has 0 aromatic heterocycles. The van der Waals surface area contributed by atoms with E-state index >= 15 is 0 Å². The van der Waals surface area contributed by atoms with Crippen LogP contribution in [0.15, 0.2) is 78.9 Å². The van der Waals surface area contributed by atoms with Gasteiger partial charge in [-0.1, -0.05) is 66.2 Å². The fraction of sp³-hybridized carbons (Fsp3) is 0.286. The van der Waals surface area contributed by atoms with Gasteiger partial charge in [0.05, 0.1) is 11.9 Å². The normalized spacial score (nSPS) is 12.0. The number of likely N-dealkylation sites (N-methyl/N-ethyl adjacent to an activating group) is 1. The molecule has 0 aliphatic heterocycles. The van der Waals surface area contributed by atoms with Crippen molar-refractivity contribution in [3.05, 3.63) is 101 Å². The molecule has 10 heteroatoms. The van der Waals surface area contributed by atoms with E-state index in [2.05, 4.69) is 5.32 Å². The number of amides is 2. The maximum Gasteiger partial charge on any atom is 0.242 e. The third-order valence-electron chi connectivity index (χ3n) is 6.06. The zero-order valence-corrected chi connectivity index (χ0v) is 22.9. The first kappa shape index (κ1) is 29.1. The molecule has 0 saturated heterocycles. The number of nitrogens with zero attached hydrogens (tertiary/aromatic N) is 2. The van der Waals surface area contributed by atoms with Gasteiger partial charge in [-0.3, -0.25) is 13.9 Å². The zero-order chi connectivity index (χ0) is 27.7. The topological polar surface area (TPSA) is 86.8 Å². The van der Waals surface area contributed by atoms with Crippen molar-refractivity contribution in [2.24, 2.45) is 0 Å². The van der Waals surface area contributed by atoms with Crippen LogP contribution in [0.4, 0.5) is 10.1 Å². The first-order valence-electron chi connectivity index (χ1n) is 12.1. The Morgan fingerprint density at radius 2 is 1.58 bits per heavy atom. The lowest BCUT2D eigenvalue weighted by atomic mass is 10.0. The second-order valence-electron chi connectivity index (χ2n) is 8.86. The van der Waals surface area contributed by atoms with Crippen molar-refractivity contribution in [1.82, 2.24) is 10.2 Å². The molecule has 0 spiro atoms. The van der Waals surface area contributed by atoms with Crippen molar-refractivity contribution >= 4 is 39.1 Å². The Bertz CT molecular complexity index is 1340. The number of rotatable bonds is 12. The Balaban J connectivity index is 1.84. The third-order valence-corrected chi connectivity index (χ3v) is 7.49. The average molecular weight is 560 g/mol. The minimum absolute atomic E-state index is 0.0453. The number of hydrogen-bond acceptors (Lipinski definition) is 4. The molecular weight excluding hydrogens is 529 g/mol. The number of para-hydroxylation sites is 1. The van der Waals surface area contributed by atoms with Gasteiger partial charge >= 0.3 is 0 Å². The SMILES string of the molecule is CNC(=O)C(Cc1ccccc1)N(Cc1ccc(Cl)cc1)C(=O)CCCN(c1ccccc1F)S(C)(=O)=O. The summed E-state index contributed by atoms with van der Waals surface area (Å²) < 4.78 is 40.1. The number of hydrogen-bond donors (Lipinski definition) is 1. The molecule has 7 nitrogen and oxygen atoms in total. The van der Waals surface area contributed by atoms with Gasteiger partial charge in [0.1, 0.15) is 11.9 Å². The van der Waals surface area contributed by atoms with Gasteiger partial charge in [0.2, 0.25) is 21.8 Å². The van der Waals surface area contributed by atoms with Crippen molar-refractivity contribution in [3.63, 3.8) is 0 Å². The van der Waals surface area contributed by atoms with Gasteiger partial charge in [-0.2, -0.15) is 0 Å². The van der Waals surface area contributed by atoms with E-state index < -0.39 is 21.9 Å². The molecule has 0 radical (unpaired) electrons. The number of halogens is 2. The standard InChI is InChI=1S/C28H31ClFN3O4S/c1-31-28(35)26(19-21-9-4-3-5-10-21)32(20-22-14-16-23(29)17-15-22)27(34)13-8-18-33(38(2,36)37)25-12-7-6-11-24(25)30/h3-7,9-12,14-17,26H,8,13,18-20H2,1-2H3,(H,31,35). The molecule has 0 aliphatic carbocycles. The van der Waals surface area contributed by atoms with Crippen LogP contribution in [0.2, 0.25) is 5.02 Å². The number of anilines is 1. The third kappa shape index (κ3) is 8.03. The highest BCUT2D eigenvalue weighted by Crippen LogP contribution is 2.23. The molecule has 3 rings (SSSR count). The van der Waals surface area contributed by atoms with Gasteiger partial charge in [0.25, 0.3) is 0 Å². The maximum absolute atomic E-state index is 14.4. The van der Waals surface area contributed by atoms with Gasteiger partial charge in [-0.05, 0) is 41.8 Å². The summed E-state index contributed by atoms with van der Waals surface area (Å²) >= 11 is 6.03. The highest BCUT2D eigenvalue weighted by atomic mass is 35.5. The Morgan fingerprint density at radius 1 is 0.947 bits per heavy atom. The van der Waals surface area contributed by atoms with Crippen LogP contribution in [-0.4, -0.2) is 51.0 Å². The van der Waals surface area contributed by atoms with Gasteiger partial charge < -0.3 is 10.2 Å². The summed E-state index contributed by atoms with van der Waals surface area (Å²) in [7, 11) is -2.28. The fourth-order valence-corrected chi connectivity index (χ4v) is 5.24. The number of carbonyl (C=O) groups is 2. The Labute approximate surface area is 228 Å². The number of nitrogens with one attached hydrogen (secondary N) is 1. The largest absolute Gasteiger partial charge is 0.357 e. The molecule has 3 aromatic rings. The lowest BCUT2D eigenvalue weighted by Crippen LogP contribution is -2.49. The van der Waals surface area contributed by atoms with Crippen LogP contribution in [0.3, 0.4) is 0 Å². The molecule has 202 valence electrons. The highest BCUT2D eigenvalue weighted by Gasteiger charge is 2.30. The predicted molar refractivity (Wildman–Crippen MR) is 148 cm³/mol. The average Bonchev–Trinajstić information content (AvgIpc) is 2.89. The van der Waals surface area contributed by atoms with Crippen molar-refractivity contribution < 1.29 is 22.4 Å². The summed E-state index contributed by atoms with van der Waals surface area (Å²) in [6.07, 6.45) is 1.37. The van der Waals surface area contributed by atoms with E-state index in [-0.39, 0.29) is 43.4 Å². The van der Waals surface area contributed by atoms with Crippen molar-refractivity contribution in [2.45, 2.75) is 31.8 Å². The number of sulfonamides is 1. The van der Waals surface area contributed by atoms with Crippen LogP contribution in [0.5, 0.6) is 0 Å². The van der Waals surface area contributed by atoms with Crippen LogP contribution in [0, 0.1) is 5.82 Å². The molecule has 1 atom stereocenters. The van der Waals surface area contributed by atoms with E-state index in [1.54, 1.807) is 30.3 Å². The molecule has 0 aliphatic rings. The highest BCUT2D eigenvalue weighted by molar-refractivity contribution is 7.92. The molecule has 0 bridgehead atoms. The van der Waals surface area contributed by atoms with Crippen molar-refractivity contribution in [2.75, 3.05) is 24.2 Å². The van der Waals surface area contributed by atoms with E-state index in [4.69, 9.17) is 11.6 Å². The van der Waals surface area contributed by atoms with Crippen LogP contribution < -0.4 is 9.62 Å². The van der Waals surface area contributed by atoms with E-state index in [0.29, 0.717) is 11.4 Å². The van der Waals surface area contributed by atoms with Crippen molar-refractivity contribution in [1.29, 1.82) is 0 Å². The van der Waals surface area contributed by atoms with Crippen LogP contribution >= 0.6 is 11.6 Å². The fourth-order valence-electron chi connectivity index (χ4n) is 4.14. The lowest BCUT2D eigenvalue weighted by Gasteiger charge is -2.31. The van der Waals surface area contributed by atoms with E-state index in [9.17, 15) is 22.4 Å². The molecule has 1 unspecified atom stereocenters. The monoisotopic (exact) mass is 559 g/mol. The Hall–Kier alpha value is -3.43. The van der Waals surface area contributed by atoms with Crippen LogP contribution in [0.1, 0.15) is 24.0 Å². The van der Waals surface area contributed by atoms with Crippen molar-refractivity contribution in [3.8, 4) is 0 Å². The summed E-state index contributed by atoms with van der Waals surface area (Å²) in [6.45, 7) is 0.0631. The molecule has 0 heterocycles. The van der Waals surface area contributed by atoms with E-state index in [0.717, 1.165) is 21.7 Å². The second kappa shape index (κ2) is 13.4. The molecule has 3 aromatic carbocycles. The first-order valence-corrected chi connectivity index (χ1v) is 14.3. The Morgan fingerprint density at radius 3 is 2.18 bits per heavy atom. The van der Waals surface area contributed by atoms with Crippen LogP contribution in [0.25, 0.3) is 0 Å². The molecule has 0 fully saturated rings. The minimum Gasteiger partial charge on any atom is -0.357 e. The van der Waals surface area contributed by atoms with Gasteiger partial charge in [-0.25, -0.2) is 12.8 Å². The summed E-state index contributed by atoms with van der Waals surface area (Å²) in [6, 6.07) is 21.2. The lowest BCUT2D eigenvalue weighted by molar-refractivity contribution is -0.141. The molecule has 2 amide bonds. The molecule has 38 heavy (non-hydrogen) atoms. The van der Waals surface area contributed by atoms with Gasteiger partial charge in [0.15, 0.2) is 0 Å². The zero-order valence-electron chi connectivity index (χ0n) is 21.3. The maximum atomic E-state index is 14.4. The van der Waals surface area contributed by atoms with Crippen LogP contribution in [-0.2, 0) is 32.6 Å². The molecule has 1 N–H and O–H groups in total. The van der Waals surface area contributed by atoms with E-state index in [1.807, 2.05) is 30.3 Å². The van der Waals surface area contributed by atoms with E-state index in [1.165, 1.54) is 30.1 Å². The smallest absolute Gasteiger partial charge is 0.242 e. The second-order valence-corrected chi connectivity index (χ2v) is 11.2. The number of benzene rings is 3. The first-order chi connectivity index (χ1) is 18.1.